The van der Waals surface area contributed by atoms with E-state index in [4.69, 9.17) is 0 Å². The molecule has 11 heteroatoms. The van der Waals surface area contributed by atoms with Crippen molar-refractivity contribution in [3.63, 3.8) is 0 Å². The molecule has 2 N–H and O–H groups in total. The molecular weight excluding hydrogens is 426 g/mol. The fraction of sp³-hybridized carbons (Fsp3) is 0.632. The van der Waals surface area contributed by atoms with E-state index in [2.05, 4.69) is 14.9 Å². The molecule has 2 fully saturated rings. The summed E-state index contributed by atoms with van der Waals surface area (Å²) in [5.41, 5.74) is -1.55. The number of carbonyl (C=O) groups excluding carboxylic acids is 1. The van der Waals surface area contributed by atoms with Gasteiger partial charge in [-0.2, -0.15) is 13.2 Å². The Labute approximate surface area is 173 Å². The maximum atomic E-state index is 13.5. The van der Waals surface area contributed by atoms with E-state index in [1.807, 2.05) is 0 Å². The second-order valence-electron chi connectivity index (χ2n) is 7.86. The zero-order valence-corrected chi connectivity index (χ0v) is 17.2. The van der Waals surface area contributed by atoms with Crippen molar-refractivity contribution in [2.24, 2.45) is 5.92 Å². The smallest absolute Gasteiger partial charge is 0.352 e. The standard InChI is InChI=1S/C19H25F4N3O3S/c20-16-10-14(9-15(11-16)19(21,22)23)18(27)24-12-13-3-6-26(7-4-13)8-5-25-30(28,29)17-1-2-17/h9-11,13,17,25H,1-8,12H2,(H,24,27). The highest BCUT2D eigenvalue weighted by Gasteiger charge is 2.35. The normalized spacial score (nSPS) is 19.1. The zero-order chi connectivity index (χ0) is 21.9. The SMILES string of the molecule is O=C(NCC1CCN(CCNS(=O)(=O)C2CC2)CC1)c1cc(F)cc(C(F)(F)F)c1. The molecule has 0 atom stereocenters. The molecule has 1 heterocycles. The average molecular weight is 451 g/mol. The summed E-state index contributed by atoms with van der Waals surface area (Å²) in [6, 6.07) is 1.79. The predicted octanol–water partition coefficient (Wildman–Crippen LogP) is 2.37. The summed E-state index contributed by atoms with van der Waals surface area (Å²) in [6.45, 7) is 2.74. The highest BCUT2D eigenvalue weighted by molar-refractivity contribution is 7.90. The summed E-state index contributed by atoms with van der Waals surface area (Å²) in [5.74, 6) is -1.69. The minimum absolute atomic E-state index is 0.156. The second-order valence-corrected chi connectivity index (χ2v) is 9.91. The Kier molecular flexibility index (Phi) is 7.03. The topological polar surface area (TPSA) is 78.5 Å². The van der Waals surface area contributed by atoms with Gasteiger partial charge in [-0.3, -0.25) is 4.79 Å². The van der Waals surface area contributed by atoms with Gasteiger partial charge in [-0.15, -0.1) is 0 Å². The molecule has 0 bridgehead atoms. The van der Waals surface area contributed by atoms with E-state index in [0.29, 0.717) is 31.8 Å². The molecule has 1 saturated carbocycles. The van der Waals surface area contributed by atoms with Gasteiger partial charge in [0.2, 0.25) is 10.0 Å². The number of likely N-dealkylation sites (tertiary alicyclic amines) is 1. The lowest BCUT2D eigenvalue weighted by Crippen LogP contribution is -2.42. The lowest BCUT2D eigenvalue weighted by atomic mass is 9.96. The van der Waals surface area contributed by atoms with Gasteiger partial charge in [-0.25, -0.2) is 17.5 Å². The summed E-state index contributed by atoms with van der Waals surface area (Å²) in [6.07, 6.45) is -1.74. The Morgan fingerprint density at radius 2 is 1.77 bits per heavy atom. The maximum absolute atomic E-state index is 13.5. The molecule has 1 aromatic carbocycles. The first-order chi connectivity index (χ1) is 14.0. The van der Waals surface area contributed by atoms with Crippen LogP contribution in [0.25, 0.3) is 0 Å². The quantitative estimate of drug-likeness (QED) is 0.595. The van der Waals surface area contributed by atoms with Crippen LogP contribution in [0.1, 0.15) is 41.6 Å². The molecule has 0 spiro atoms. The third-order valence-electron chi connectivity index (χ3n) is 5.44. The molecular formula is C19H25F4N3O3S. The van der Waals surface area contributed by atoms with Crippen LogP contribution in [-0.4, -0.2) is 57.2 Å². The van der Waals surface area contributed by atoms with Crippen LogP contribution in [0.4, 0.5) is 17.6 Å². The largest absolute Gasteiger partial charge is 0.416 e. The summed E-state index contributed by atoms with van der Waals surface area (Å²) in [7, 11) is -3.18. The first kappa shape index (κ1) is 23.0. The molecule has 6 nitrogen and oxygen atoms in total. The average Bonchev–Trinajstić information content (AvgIpc) is 3.52. The number of hydrogen-bond acceptors (Lipinski definition) is 4. The van der Waals surface area contributed by atoms with E-state index >= 15 is 0 Å². The van der Waals surface area contributed by atoms with Gasteiger partial charge in [0.05, 0.1) is 10.8 Å². The van der Waals surface area contributed by atoms with Crippen molar-refractivity contribution in [2.75, 3.05) is 32.7 Å². The molecule has 0 unspecified atom stereocenters. The minimum Gasteiger partial charge on any atom is -0.352 e. The van der Waals surface area contributed by atoms with Crippen molar-refractivity contribution >= 4 is 15.9 Å². The number of nitrogens with zero attached hydrogens (tertiary/aromatic N) is 1. The molecule has 1 aliphatic heterocycles. The number of benzene rings is 1. The number of halogens is 4. The fourth-order valence-electron chi connectivity index (χ4n) is 3.48. The molecule has 3 rings (SSSR count). The van der Waals surface area contributed by atoms with Crippen LogP contribution in [0.15, 0.2) is 18.2 Å². The van der Waals surface area contributed by atoms with Crippen molar-refractivity contribution in [2.45, 2.75) is 37.1 Å². The van der Waals surface area contributed by atoms with Crippen LogP contribution in [0.5, 0.6) is 0 Å². The molecule has 1 aliphatic carbocycles. The Morgan fingerprint density at radius 3 is 2.37 bits per heavy atom. The molecule has 30 heavy (non-hydrogen) atoms. The number of piperidine rings is 1. The summed E-state index contributed by atoms with van der Waals surface area (Å²) < 4.78 is 78.0. The van der Waals surface area contributed by atoms with Gasteiger partial charge in [0, 0.05) is 25.2 Å². The number of sulfonamides is 1. The number of alkyl halides is 3. The lowest BCUT2D eigenvalue weighted by Gasteiger charge is -2.32. The third-order valence-corrected chi connectivity index (χ3v) is 7.40. The molecule has 1 amide bonds. The van der Waals surface area contributed by atoms with Gasteiger partial charge in [-0.1, -0.05) is 0 Å². The number of nitrogens with one attached hydrogen (secondary N) is 2. The van der Waals surface area contributed by atoms with Gasteiger partial charge in [0.15, 0.2) is 0 Å². The summed E-state index contributed by atoms with van der Waals surface area (Å²) >= 11 is 0. The van der Waals surface area contributed by atoms with Crippen LogP contribution in [-0.2, 0) is 16.2 Å². The highest BCUT2D eigenvalue weighted by Crippen LogP contribution is 2.30. The van der Waals surface area contributed by atoms with Gasteiger partial charge in [0.25, 0.3) is 5.91 Å². The predicted molar refractivity (Wildman–Crippen MR) is 103 cm³/mol. The fourth-order valence-corrected chi connectivity index (χ4v) is 4.85. The van der Waals surface area contributed by atoms with Crippen LogP contribution < -0.4 is 10.0 Å². The molecule has 2 aliphatic rings. The number of carbonyl (C=O) groups is 1. The Balaban J connectivity index is 1.40. The van der Waals surface area contributed by atoms with Crippen molar-refractivity contribution in [1.29, 1.82) is 0 Å². The van der Waals surface area contributed by atoms with Crippen molar-refractivity contribution in [3.05, 3.63) is 35.1 Å². The van der Waals surface area contributed by atoms with E-state index in [0.717, 1.165) is 44.8 Å². The van der Waals surface area contributed by atoms with E-state index in [9.17, 15) is 30.8 Å². The van der Waals surface area contributed by atoms with E-state index in [-0.39, 0.29) is 16.7 Å². The molecule has 0 aromatic heterocycles. The third kappa shape index (κ3) is 6.39. The van der Waals surface area contributed by atoms with Crippen LogP contribution in [0.2, 0.25) is 0 Å². The van der Waals surface area contributed by atoms with Crippen LogP contribution in [0.3, 0.4) is 0 Å². The lowest BCUT2D eigenvalue weighted by molar-refractivity contribution is -0.137. The van der Waals surface area contributed by atoms with Crippen molar-refractivity contribution in [1.82, 2.24) is 14.9 Å². The summed E-state index contributed by atoms with van der Waals surface area (Å²) in [4.78, 5) is 14.3. The molecule has 168 valence electrons. The van der Waals surface area contributed by atoms with Crippen LogP contribution >= 0.6 is 0 Å². The van der Waals surface area contributed by atoms with Gasteiger partial charge in [-0.05, 0) is 62.9 Å². The van der Waals surface area contributed by atoms with Gasteiger partial charge < -0.3 is 10.2 Å². The first-order valence-electron chi connectivity index (χ1n) is 9.91. The van der Waals surface area contributed by atoms with Gasteiger partial charge >= 0.3 is 6.18 Å². The monoisotopic (exact) mass is 451 g/mol. The van der Waals surface area contributed by atoms with Gasteiger partial charge in [0.1, 0.15) is 5.82 Å². The number of amides is 1. The number of rotatable bonds is 8. The Bertz CT molecular complexity index is 864. The molecule has 1 aromatic rings. The minimum atomic E-state index is -4.73. The Morgan fingerprint density at radius 1 is 1.10 bits per heavy atom. The van der Waals surface area contributed by atoms with Crippen molar-refractivity contribution < 1.29 is 30.8 Å². The number of hydrogen-bond donors (Lipinski definition) is 2. The maximum Gasteiger partial charge on any atom is 0.416 e. The van der Waals surface area contributed by atoms with E-state index < -0.39 is 33.5 Å². The first-order valence-corrected chi connectivity index (χ1v) is 11.5. The summed E-state index contributed by atoms with van der Waals surface area (Å²) in [5, 5.41) is 2.35. The Hall–Kier alpha value is -1.72. The second kappa shape index (κ2) is 9.19. The van der Waals surface area contributed by atoms with Crippen LogP contribution in [0, 0.1) is 11.7 Å². The molecule has 0 radical (unpaired) electrons. The highest BCUT2D eigenvalue weighted by atomic mass is 32.2. The van der Waals surface area contributed by atoms with E-state index in [1.165, 1.54) is 0 Å². The van der Waals surface area contributed by atoms with E-state index in [1.54, 1.807) is 0 Å². The molecule has 1 saturated heterocycles. The van der Waals surface area contributed by atoms with Crippen molar-refractivity contribution in [3.8, 4) is 0 Å². The zero-order valence-electron chi connectivity index (χ0n) is 16.3.